The maximum absolute atomic E-state index is 14.7. The predicted octanol–water partition coefficient (Wildman–Crippen LogP) is 5.95. The van der Waals surface area contributed by atoms with Crippen LogP contribution in [0.2, 0.25) is 5.04 Å². The van der Waals surface area contributed by atoms with Crippen LogP contribution < -0.4 is 21.6 Å². The normalized spacial score (nSPS) is 18.3. The van der Waals surface area contributed by atoms with Gasteiger partial charge in [-0.2, -0.15) is 0 Å². The fraction of sp³-hybridized carbons (Fsp3) is 0.250. The Kier molecular flexibility index (Phi) is 8.87. The van der Waals surface area contributed by atoms with E-state index < -0.39 is 53.1 Å². The molecule has 51 heavy (non-hydrogen) atoms. The third kappa shape index (κ3) is 6.03. The van der Waals surface area contributed by atoms with E-state index >= 15 is 0 Å². The molecule has 262 valence electrons. The number of nitrogens with one attached hydrogen (secondary N) is 1. The molecule has 3 atom stereocenters. The van der Waals surface area contributed by atoms with Crippen LogP contribution in [0.5, 0.6) is 0 Å². The van der Waals surface area contributed by atoms with Crippen molar-refractivity contribution in [2.24, 2.45) is 0 Å². The van der Waals surface area contributed by atoms with Gasteiger partial charge >= 0.3 is 5.69 Å². The zero-order valence-corrected chi connectivity index (χ0v) is 31.1. The summed E-state index contributed by atoms with van der Waals surface area (Å²) in [5.74, 6) is 0. The second-order valence-corrected chi connectivity index (χ2v) is 20.3. The first-order chi connectivity index (χ1) is 24.3. The number of para-hydroxylation sites is 1. The summed E-state index contributed by atoms with van der Waals surface area (Å²) in [7, 11) is -7.34. The number of nitrogens with zero attached hydrogens (tertiary/aromatic N) is 2. The number of rotatable bonds is 8. The van der Waals surface area contributed by atoms with Gasteiger partial charge in [0.25, 0.3) is 23.9 Å². The number of ether oxygens (including phenoxy) is 1. The first kappa shape index (κ1) is 34.6. The summed E-state index contributed by atoms with van der Waals surface area (Å²) >= 11 is 0. The van der Waals surface area contributed by atoms with Gasteiger partial charge in [-0.25, -0.2) is 17.2 Å². The molecule has 1 saturated heterocycles. The van der Waals surface area contributed by atoms with Crippen LogP contribution in [0, 0.1) is 13.8 Å². The topological polar surface area (TPSA) is 112 Å². The maximum atomic E-state index is 14.7. The molecular formula is C40H41N3O6SSi. The first-order valence-corrected chi connectivity index (χ1v) is 20.3. The average Bonchev–Trinajstić information content (AvgIpc) is 3.71. The maximum Gasteiger partial charge on any atom is 0.330 e. The highest BCUT2D eigenvalue weighted by Crippen LogP contribution is 2.47. The molecule has 2 aromatic heterocycles. The van der Waals surface area contributed by atoms with Crippen LogP contribution in [0.1, 0.15) is 56.3 Å². The number of aromatic amines is 1. The van der Waals surface area contributed by atoms with Crippen molar-refractivity contribution in [3.63, 3.8) is 0 Å². The number of hydrogen-bond acceptors (Lipinski definition) is 6. The Bertz CT molecular complexity index is 2390. The van der Waals surface area contributed by atoms with Crippen molar-refractivity contribution in [2.75, 3.05) is 0 Å². The van der Waals surface area contributed by atoms with Gasteiger partial charge in [-0.05, 0) is 53.5 Å². The molecule has 0 unspecified atom stereocenters. The van der Waals surface area contributed by atoms with Gasteiger partial charge in [0.05, 0.1) is 22.2 Å². The molecule has 0 radical (unpaired) electrons. The molecule has 1 aliphatic heterocycles. The second-order valence-electron chi connectivity index (χ2n) is 14.3. The monoisotopic (exact) mass is 719 g/mol. The van der Waals surface area contributed by atoms with E-state index in [0.717, 1.165) is 21.3 Å². The Morgan fingerprint density at radius 2 is 1.41 bits per heavy atom. The minimum atomic E-state index is -4.13. The standard InChI is InChI=1S/C40H41N3O6SSi/c1-27-20-22-30(23-21-27)50(46,47)43-33-19-13-12-14-29(33)24-34(43)37-35(25-36(48-37)42-26-28(2)38(44)41-39(42)45)49-51(40(3,4)5,31-15-8-6-9-16-31)32-17-10-7-11-18-32/h6-24,26,35-37H,25H2,1-5H3,(H,41,44,45)/t35-,36+,37+/m0/s1. The van der Waals surface area contributed by atoms with E-state index in [1.165, 1.54) is 14.7 Å². The van der Waals surface area contributed by atoms with Gasteiger partial charge in [0, 0.05) is 23.6 Å². The van der Waals surface area contributed by atoms with E-state index in [2.05, 4.69) is 50.0 Å². The zero-order valence-electron chi connectivity index (χ0n) is 29.2. The number of aromatic nitrogens is 3. The van der Waals surface area contributed by atoms with Gasteiger partial charge < -0.3 is 9.16 Å². The van der Waals surface area contributed by atoms with E-state index in [-0.39, 0.29) is 11.3 Å². The first-order valence-electron chi connectivity index (χ1n) is 17.0. The van der Waals surface area contributed by atoms with Crippen molar-refractivity contribution in [3.8, 4) is 0 Å². The molecule has 0 aliphatic carbocycles. The molecule has 0 saturated carbocycles. The number of aryl methyl sites for hydroxylation is 2. The predicted molar refractivity (Wildman–Crippen MR) is 202 cm³/mol. The van der Waals surface area contributed by atoms with E-state index in [1.807, 2.05) is 67.6 Å². The lowest BCUT2D eigenvalue weighted by molar-refractivity contribution is -0.0218. The van der Waals surface area contributed by atoms with Gasteiger partial charge in [-0.1, -0.05) is 117 Å². The van der Waals surface area contributed by atoms with E-state index in [9.17, 15) is 18.0 Å². The van der Waals surface area contributed by atoms with Crippen molar-refractivity contribution in [3.05, 3.63) is 159 Å². The van der Waals surface area contributed by atoms with Crippen LogP contribution in [0.4, 0.5) is 0 Å². The largest absolute Gasteiger partial charge is 0.401 e. The van der Waals surface area contributed by atoms with Crippen LogP contribution in [-0.2, 0) is 19.2 Å². The number of H-pyrrole nitrogens is 1. The quantitative estimate of drug-likeness (QED) is 0.195. The summed E-state index contributed by atoms with van der Waals surface area (Å²) in [6.07, 6.45) is -0.797. The fourth-order valence-corrected chi connectivity index (χ4v) is 13.6. The van der Waals surface area contributed by atoms with Crippen molar-refractivity contribution in [1.29, 1.82) is 0 Å². The summed E-state index contributed by atoms with van der Waals surface area (Å²) in [5.41, 5.74) is 1.08. The lowest BCUT2D eigenvalue weighted by atomic mass is 10.1. The Hall–Kier alpha value is -4.81. The van der Waals surface area contributed by atoms with E-state index in [1.54, 1.807) is 37.3 Å². The van der Waals surface area contributed by atoms with Crippen molar-refractivity contribution >= 4 is 39.6 Å². The molecule has 1 fully saturated rings. The average molecular weight is 720 g/mol. The van der Waals surface area contributed by atoms with Gasteiger partial charge in [0.1, 0.15) is 12.3 Å². The highest BCUT2D eigenvalue weighted by atomic mass is 32.2. The van der Waals surface area contributed by atoms with E-state index in [0.29, 0.717) is 16.8 Å². The SMILES string of the molecule is Cc1ccc(S(=O)(=O)n2c([C@H]3O[C@@H](n4cc(C)c(=O)[nH]c4=O)C[C@@H]3O[Si](c3ccccc3)(c3ccccc3)C(C)(C)C)cc3ccccc32)cc1. The summed E-state index contributed by atoms with van der Waals surface area (Å²) < 4.78 is 46.5. The molecule has 0 spiro atoms. The zero-order chi connectivity index (χ0) is 36.1. The highest BCUT2D eigenvalue weighted by Gasteiger charge is 2.54. The summed E-state index contributed by atoms with van der Waals surface area (Å²) in [5, 5.41) is 2.42. The lowest BCUT2D eigenvalue weighted by Crippen LogP contribution is -2.67. The third-order valence-corrected chi connectivity index (χ3v) is 16.6. The van der Waals surface area contributed by atoms with Gasteiger partial charge in [-0.3, -0.25) is 14.3 Å². The Balaban J connectivity index is 1.47. The Morgan fingerprint density at radius 3 is 2.02 bits per heavy atom. The minimum absolute atomic E-state index is 0.141. The van der Waals surface area contributed by atoms with Crippen LogP contribution in [0.15, 0.2) is 136 Å². The van der Waals surface area contributed by atoms with E-state index in [4.69, 9.17) is 9.16 Å². The molecule has 9 nitrogen and oxygen atoms in total. The highest BCUT2D eigenvalue weighted by molar-refractivity contribution is 7.90. The number of hydrogen-bond donors (Lipinski definition) is 1. The lowest BCUT2D eigenvalue weighted by Gasteiger charge is -2.45. The Labute approximate surface area is 298 Å². The molecular weight excluding hydrogens is 679 g/mol. The number of benzene rings is 4. The summed E-state index contributed by atoms with van der Waals surface area (Å²) in [6.45, 7) is 10.1. The van der Waals surface area contributed by atoms with Gasteiger partial charge in [0.15, 0.2) is 0 Å². The molecule has 6 aromatic rings. The molecule has 11 heteroatoms. The Morgan fingerprint density at radius 1 is 0.824 bits per heavy atom. The van der Waals surface area contributed by atoms with Gasteiger partial charge in [-0.15, -0.1) is 0 Å². The molecule has 1 N–H and O–H groups in total. The molecule has 7 rings (SSSR count). The molecule has 1 aliphatic rings. The van der Waals surface area contributed by atoms with Crippen molar-refractivity contribution in [1.82, 2.24) is 13.5 Å². The van der Waals surface area contributed by atoms with Crippen LogP contribution in [0.25, 0.3) is 10.9 Å². The van der Waals surface area contributed by atoms with Gasteiger partial charge in [0.2, 0.25) is 0 Å². The van der Waals surface area contributed by atoms with Crippen LogP contribution in [0.3, 0.4) is 0 Å². The smallest absolute Gasteiger partial charge is 0.330 e. The van der Waals surface area contributed by atoms with Crippen LogP contribution >= 0.6 is 0 Å². The van der Waals surface area contributed by atoms with Crippen molar-refractivity contribution < 1.29 is 17.6 Å². The fourth-order valence-electron chi connectivity index (χ4n) is 7.34. The second kappa shape index (κ2) is 13.1. The van der Waals surface area contributed by atoms with Crippen molar-refractivity contribution in [2.45, 2.75) is 69.4 Å². The molecule has 0 bridgehead atoms. The molecule has 4 aromatic carbocycles. The molecule has 3 heterocycles. The minimum Gasteiger partial charge on any atom is -0.401 e. The number of fused-ring (bicyclic) bond motifs is 1. The van der Waals surface area contributed by atoms with Crippen LogP contribution in [-0.4, -0.2) is 36.4 Å². The summed E-state index contributed by atoms with van der Waals surface area (Å²) in [4.78, 5) is 28.2. The summed E-state index contributed by atoms with van der Waals surface area (Å²) in [6, 6.07) is 36.3. The molecule has 0 amide bonds. The third-order valence-electron chi connectivity index (χ3n) is 9.82.